The van der Waals surface area contributed by atoms with Crippen LogP contribution in [0.4, 0.5) is 0 Å². The predicted octanol–water partition coefficient (Wildman–Crippen LogP) is 4.24. The van der Waals surface area contributed by atoms with Crippen LogP contribution in [0.1, 0.15) is 58.6 Å². The standard InChI is InChI=1S/C19H32N2/c1-5-9-18-14-21(16(4)12-15(2)3)19(13-20-18)17-10-7-6-8-11-17/h6-8,10-11,15-16,18-20H,5,9,12-14H2,1-4H3. The Labute approximate surface area is 130 Å². The second-order valence-corrected chi connectivity index (χ2v) is 7.00. The first-order valence-corrected chi connectivity index (χ1v) is 8.65. The number of nitrogens with zero attached hydrogens (tertiary/aromatic N) is 1. The fraction of sp³-hybridized carbons (Fsp3) is 0.684. The molecular weight excluding hydrogens is 256 g/mol. The SMILES string of the molecule is CCCC1CN(C(C)CC(C)C)C(c2ccccc2)CN1. The van der Waals surface area contributed by atoms with E-state index in [9.17, 15) is 0 Å². The average molecular weight is 288 g/mol. The number of rotatable bonds is 6. The summed E-state index contributed by atoms with van der Waals surface area (Å²) >= 11 is 0. The van der Waals surface area contributed by atoms with E-state index in [1.807, 2.05) is 0 Å². The van der Waals surface area contributed by atoms with Crippen LogP contribution >= 0.6 is 0 Å². The van der Waals surface area contributed by atoms with E-state index in [2.05, 4.69) is 68.2 Å². The normalized spacial score (nSPS) is 25.2. The molecule has 0 amide bonds. The Morgan fingerprint density at radius 2 is 1.90 bits per heavy atom. The van der Waals surface area contributed by atoms with Gasteiger partial charge in [-0.3, -0.25) is 4.90 Å². The van der Waals surface area contributed by atoms with Crippen molar-refractivity contribution >= 4 is 0 Å². The van der Waals surface area contributed by atoms with Gasteiger partial charge in [-0.15, -0.1) is 0 Å². The third-order valence-corrected chi connectivity index (χ3v) is 4.63. The highest BCUT2D eigenvalue weighted by Gasteiger charge is 2.31. The first-order chi connectivity index (χ1) is 10.1. The summed E-state index contributed by atoms with van der Waals surface area (Å²) in [6.45, 7) is 11.6. The Morgan fingerprint density at radius 1 is 1.19 bits per heavy atom. The summed E-state index contributed by atoms with van der Waals surface area (Å²) in [5.74, 6) is 0.760. The third-order valence-electron chi connectivity index (χ3n) is 4.63. The van der Waals surface area contributed by atoms with Crippen molar-refractivity contribution in [2.24, 2.45) is 5.92 Å². The number of hydrogen-bond donors (Lipinski definition) is 1. The highest BCUT2D eigenvalue weighted by molar-refractivity contribution is 5.20. The highest BCUT2D eigenvalue weighted by Crippen LogP contribution is 2.28. The molecule has 3 atom stereocenters. The van der Waals surface area contributed by atoms with Gasteiger partial charge in [-0.2, -0.15) is 0 Å². The van der Waals surface area contributed by atoms with Gasteiger partial charge < -0.3 is 5.32 Å². The van der Waals surface area contributed by atoms with Gasteiger partial charge >= 0.3 is 0 Å². The zero-order valence-electron chi connectivity index (χ0n) is 14.2. The van der Waals surface area contributed by atoms with Gasteiger partial charge in [0.15, 0.2) is 0 Å². The van der Waals surface area contributed by atoms with E-state index in [-0.39, 0.29) is 0 Å². The van der Waals surface area contributed by atoms with Crippen molar-refractivity contribution in [1.82, 2.24) is 10.2 Å². The molecular formula is C19H32N2. The molecule has 3 unspecified atom stereocenters. The van der Waals surface area contributed by atoms with Crippen LogP contribution in [0.25, 0.3) is 0 Å². The Hall–Kier alpha value is -0.860. The number of nitrogens with one attached hydrogen (secondary N) is 1. The van der Waals surface area contributed by atoms with Gasteiger partial charge in [0.05, 0.1) is 0 Å². The summed E-state index contributed by atoms with van der Waals surface area (Å²) in [5, 5.41) is 3.77. The first kappa shape index (κ1) is 16.5. The van der Waals surface area contributed by atoms with Crippen LogP contribution in [-0.2, 0) is 0 Å². The lowest BCUT2D eigenvalue weighted by molar-refractivity contribution is 0.0758. The van der Waals surface area contributed by atoms with Crippen molar-refractivity contribution in [3.63, 3.8) is 0 Å². The number of benzene rings is 1. The molecule has 1 aliphatic heterocycles. The molecule has 1 heterocycles. The summed E-state index contributed by atoms with van der Waals surface area (Å²) < 4.78 is 0. The second-order valence-electron chi connectivity index (χ2n) is 7.00. The molecule has 0 bridgehead atoms. The largest absolute Gasteiger partial charge is 0.311 e. The van der Waals surface area contributed by atoms with Crippen LogP contribution in [0.5, 0.6) is 0 Å². The summed E-state index contributed by atoms with van der Waals surface area (Å²) in [7, 11) is 0. The van der Waals surface area contributed by atoms with E-state index in [1.165, 1.54) is 31.4 Å². The Bertz CT molecular complexity index is 401. The van der Waals surface area contributed by atoms with Crippen LogP contribution in [0.15, 0.2) is 30.3 Å². The third kappa shape index (κ3) is 4.55. The van der Waals surface area contributed by atoms with Crippen molar-refractivity contribution in [1.29, 1.82) is 0 Å². The van der Waals surface area contributed by atoms with Gasteiger partial charge in [0.1, 0.15) is 0 Å². The number of hydrogen-bond acceptors (Lipinski definition) is 2. The fourth-order valence-corrected chi connectivity index (χ4v) is 3.67. The Morgan fingerprint density at radius 3 is 2.52 bits per heavy atom. The summed E-state index contributed by atoms with van der Waals surface area (Å²) in [6.07, 6.45) is 3.83. The molecule has 1 aliphatic rings. The highest BCUT2D eigenvalue weighted by atomic mass is 15.3. The fourth-order valence-electron chi connectivity index (χ4n) is 3.67. The van der Waals surface area contributed by atoms with E-state index in [1.54, 1.807) is 0 Å². The Kier molecular flexibility index (Phi) is 6.25. The first-order valence-electron chi connectivity index (χ1n) is 8.65. The number of piperazine rings is 1. The lowest BCUT2D eigenvalue weighted by Gasteiger charge is -2.44. The Balaban J connectivity index is 2.13. The smallest absolute Gasteiger partial charge is 0.0476 e. The second kappa shape index (κ2) is 7.95. The van der Waals surface area contributed by atoms with E-state index in [0.29, 0.717) is 18.1 Å². The maximum Gasteiger partial charge on any atom is 0.0476 e. The molecule has 1 aromatic rings. The molecule has 1 fully saturated rings. The van der Waals surface area contributed by atoms with Gasteiger partial charge in [0, 0.05) is 31.2 Å². The molecule has 21 heavy (non-hydrogen) atoms. The molecule has 2 rings (SSSR count). The summed E-state index contributed by atoms with van der Waals surface area (Å²) in [4.78, 5) is 2.74. The monoisotopic (exact) mass is 288 g/mol. The molecule has 1 saturated heterocycles. The molecule has 0 saturated carbocycles. The quantitative estimate of drug-likeness (QED) is 0.842. The van der Waals surface area contributed by atoms with Crippen LogP contribution in [0.2, 0.25) is 0 Å². The van der Waals surface area contributed by atoms with Crippen molar-refractivity contribution in [2.45, 2.75) is 65.1 Å². The lowest BCUT2D eigenvalue weighted by Crippen LogP contribution is -2.55. The molecule has 0 spiro atoms. The molecule has 2 nitrogen and oxygen atoms in total. The minimum atomic E-state index is 0.521. The summed E-state index contributed by atoms with van der Waals surface area (Å²) in [6, 6.07) is 12.8. The molecule has 0 aliphatic carbocycles. The van der Waals surface area contributed by atoms with Crippen molar-refractivity contribution in [3.05, 3.63) is 35.9 Å². The van der Waals surface area contributed by atoms with Crippen molar-refractivity contribution in [2.75, 3.05) is 13.1 Å². The van der Waals surface area contributed by atoms with Crippen LogP contribution < -0.4 is 5.32 Å². The zero-order chi connectivity index (χ0) is 15.2. The van der Waals surface area contributed by atoms with Gasteiger partial charge in [-0.05, 0) is 31.2 Å². The maximum atomic E-state index is 3.77. The van der Waals surface area contributed by atoms with Crippen LogP contribution in [0, 0.1) is 5.92 Å². The minimum Gasteiger partial charge on any atom is -0.311 e. The zero-order valence-corrected chi connectivity index (χ0v) is 14.2. The van der Waals surface area contributed by atoms with Gasteiger partial charge in [0.2, 0.25) is 0 Å². The van der Waals surface area contributed by atoms with Crippen LogP contribution in [-0.4, -0.2) is 30.1 Å². The van der Waals surface area contributed by atoms with Crippen molar-refractivity contribution in [3.8, 4) is 0 Å². The van der Waals surface area contributed by atoms with Gasteiger partial charge in [0.25, 0.3) is 0 Å². The van der Waals surface area contributed by atoms with E-state index < -0.39 is 0 Å². The predicted molar refractivity (Wildman–Crippen MR) is 91.5 cm³/mol. The molecule has 2 heteroatoms. The van der Waals surface area contributed by atoms with Gasteiger partial charge in [-0.25, -0.2) is 0 Å². The molecule has 118 valence electrons. The average Bonchev–Trinajstić information content (AvgIpc) is 2.48. The maximum absolute atomic E-state index is 3.77. The van der Waals surface area contributed by atoms with Gasteiger partial charge in [-0.1, -0.05) is 57.5 Å². The van der Waals surface area contributed by atoms with Crippen molar-refractivity contribution < 1.29 is 0 Å². The van der Waals surface area contributed by atoms with E-state index in [4.69, 9.17) is 0 Å². The molecule has 1 N–H and O–H groups in total. The van der Waals surface area contributed by atoms with E-state index >= 15 is 0 Å². The topological polar surface area (TPSA) is 15.3 Å². The van der Waals surface area contributed by atoms with E-state index in [0.717, 1.165) is 12.5 Å². The minimum absolute atomic E-state index is 0.521. The molecule has 0 aromatic heterocycles. The molecule has 1 aromatic carbocycles. The summed E-state index contributed by atoms with van der Waals surface area (Å²) in [5.41, 5.74) is 1.45. The van der Waals surface area contributed by atoms with Crippen LogP contribution in [0.3, 0.4) is 0 Å². The lowest BCUT2D eigenvalue weighted by atomic mass is 9.94. The molecule has 0 radical (unpaired) electrons.